The zero-order valence-corrected chi connectivity index (χ0v) is 19.5. The molecule has 6 N–H and O–H groups in total. The molecule has 0 bridgehead atoms. The number of carbonyl (C=O) groups excluding carboxylic acids is 3. The van der Waals surface area contributed by atoms with Gasteiger partial charge in [0.2, 0.25) is 17.7 Å². The monoisotopic (exact) mass is 471 g/mol. The Morgan fingerprint density at radius 3 is 2.59 bits per heavy atom. The van der Waals surface area contributed by atoms with Crippen LogP contribution in [-0.2, 0) is 25.6 Å². The van der Waals surface area contributed by atoms with E-state index in [1.807, 2.05) is 38.1 Å². The van der Waals surface area contributed by atoms with Crippen molar-refractivity contribution >= 4 is 34.6 Å². The molecule has 10 nitrogen and oxygen atoms in total. The minimum atomic E-state index is -1.15. The molecular weight excluding hydrogens is 438 g/mol. The summed E-state index contributed by atoms with van der Waals surface area (Å²) in [6.45, 7) is 4.00. The van der Waals surface area contributed by atoms with E-state index in [0.29, 0.717) is 25.8 Å². The van der Waals surface area contributed by atoms with Crippen LogP contribution in [0.4, 0.5) is 0 Å². The van der Waals surface area contributed by atoms with Gasteiger partial charge in [0, 0.05) is 30.1 Å². The number of carboxylic acid groups (broad SMARTS) is 1. The van der Waals surface area contributed by atoms with E-state index >= 15 is 0 Å². The number of hydrogen-bond donors (Lipinski definition) is 5. The van der Waals surface area contributed by atoms with Gasteiger partial charge >= 0.3 is 5.97 Å². The van der Waals surface area contributed by atoms with Crippen LogP contribution in [0.3, 0.4) is 0 Å². The maximum atomic E-state index is 13.2. The molecule has 3 amide bonds. The molecule has 3 rings (SSSR count). The number of rotatable bonds is 10. The van der Waals surface area contributed by atoms with E-state index in [1.54, 1.807) is 6.20 Å². The van der Waals surface area contributed by atoms with Gasteiger partial charge in [0.05, 0.1) is 6.54 Å². The van der Waals surface area contributed by atoms with Crippen molar-refractivity contribution in [3.8, 4) is 0 Å². The van der Waals surface area contributed by atoms with E-state index in [2.05, 4.69) is 15.6 Å². The van der Waals surface area contributed by atoms with Crippen LogP contribution in [0.15, 0.2) is 30.5 Å². The highest BCUT2D eigenvalue weighted by Crippen LogP contribution is 2.22. The number of aliphatic carboxylic acids is 1. The lowest BCUT2D eigenvalue weighted by molar-refractivity contribution is -0.145. The van der Waals surface area contributed by atoms with Crippen molar-refractivity contribution in [2.45, 2.75) is 57.7 Å². The lowest BCUT2D eigenvalue weighted by Gasteiger charge is -2.30. The quantitative estimate of drug-likeness (QED) is 0.344. The van der Waals surface area contributed by atoms with Crippen molar-refractivity contribution in [1.82, 2.24) is 20.5 Å². The molecule has 34 heavy (non-hydrogen) atoms. The molecule has 0 radical (unpaired) electrons. The third-order valence-electron chi connectivity index (χ3n) is 6.08. The fraction of sp³-hybridized carbons (Fsp3) is 0.500. The highest BCUT2D eigenvalue weighted by Gasteiger charge is 2.39. The maximum absolute atomic E-state index is 13.2. The molecule has 1 aromatic carbocycles. The number of aromatic amines is 1. The number of aromatic nitrogens is 1. The number of likely N-dealkylation sites (tertiary alicyclic amines) is 1. The fourth-order valence-electron chi connectivity index (χ4n) is 4.44. The number of fused-ring (bicyclic) bond motifs is 1. The molecule has 184 valence electrons. The van der Waals surface area contributed by atoms with E-state index in [4.69, 9.17) is 5.73 Å². The standard InChI is InChI=1S/C24H33N5O5/c1-14(2)10-18(27-21(30)12-25)23(32)29-9-5-8-20(29)22(31)28-19(24(33)34)11-15-13-26-17-7-4-3-6-16(15)17/h3-4,6-7,13-14,18-20,26H,5,8-12,25H2,1-2H3,(H,27,30)(H,28,31)(H,33,34). The van der Waals surface area contributed by atoms with Gasteiger partial charge in [0.1, 0.15) is 18.1 Å². The number of nitrogens with zero attached hydrogens (tertiary/aromatic N) is 1. The molecule has 1 aromatic heterocycles. The van der Waals surface area contributed by atoms with Gasteiger partial charge < -0.3 is 31.4 Å². The third kappa shape index (κ3) is 5.93. The van der Waals surface area contributed by atoms with Crippen molar-refractivity contribution in [2.75, 3.05) is 13.1 Å². The number of carboxylic acids is 1. The van der Waals surface area contributed by atoms with Crippen LogP contribution < -0.4 is 16.4 Å². The highest BCUT2D eigenvalue weighted by molar-refractivity contribution is 5.94. The molecule has 3 atom stereocenters. The normalized spacial score (nSPS) is 17.5. The SMILES string of the molecule is CC(C)CC(NC(=O)CN)C(=O)N1CCCC1C(=O)NC(Cc1c[nH]c2ccccc12)C(=O)O. The molecule has 2 aromatic rings. The first-order valence-corrected chi connectivity index (χ1v) is 11.6. The van der Waals surface area contributed by atoms with E-state index in [9.17, 15) is 24.3 Å². The summed E-state index contributed by atoms with van der Waals surface area (Å²) in [5, 5.41) is 15.9. The molecule has 0 aliphatic carbocycles. The van der Waals surface area contributed by atoms with Gasteiger partial charge in [-0.25, -0.2) is 4.79 Å². The minimum absolute atomic E-state index is 0.105. The van der Waals surface area contributed by atoms with Crippen LogP contribution in [0.5, 0.6) is 0 Å². The number of hydrogen-bond acceptors (Lipinski definition) is 5. The Kier molecular flexibility index (Phi) is 8.27. The molecule has 1 saturated heterocycles. The Bertz CT molecular complexity index is 1050. The smallest absolute Gasteiger partial charge is 0.326 e. The summed E-state index contributed by atoms with van der Waals surface area (Å²) >= 11 is 0. The second-order valence-electron chi connectivity index (χ2n) is 9.11. The summed E-state index contributed by atoms with van der Waals surface area (Å²) in [7, 11) is 0. The van der Waals surface area contributed by atoms with Gasteiger partial charge in [-0.3, -0.25) is 14.4 Å². The Hall–Kier alpha value is -3.40. The van der Waals surface area contributed by atoms with Crippen LogP contribution in [-0.4, -0.2) is 69.9 Å². The van der Waals surface area contributed by atoms with Gasteiger partial charge in [-0.15, -0.1) is 0 Å². The van der Waals surface area contributed by atoms with E-state index < -0.39 is 35.9 Å². The Labute approximate surface area is 198 Å². The average molecular weight is 472 g/mol. The highest BCUT2D eigenvalue weighted by atomic mass is 16.4. The van der Waals surface area contributed by atoms with E-state index in [-0.39, 0.29) is 24.8 Å². The lowest BCUT2D eigenvalue weighted by atomic mass is 10.0. The van der Waals surface area contributed by atoms with Crippen LogP contribution in [0.2, 0.25) is 0 Å². The number of nitrogens with two attached hydrogens (primary N) is 1. The second-order valence-corrected chi connectivity index (χ2v) is 9.11. The third-order valence-corrected chi connectivity index (χ3v) is 6.08. The molecule has 10 heteroatoms. The molecular formula is C24H33N5O5. The lowest BCUT2D eigenvalue weighted by Crippen LogP contribution is -2.56. The van der Waals surface area contributed by atoms with Gasteiger partial charge in [-0.2, -0.15) is 0 Å². The molecule has 1 aliphatic rings. The Morgan fingerprint density at radius 2 is 1.91 bits per heavy atom. The first-order valence-electron chi connectivity index (χ1n) is 11.6. The summed E-state index contributed by atoms with van der Waals surface area (Å²) in [6, 6.07) is 4.82. The Morgan fingerprint density at radius 1 is 1.18 bits per heavy atom. The van der Waals surface area contributed by atoms with Gasteiger partial charge in [0.25, 0.3) is 0 Å². The largest absolute Gasteiger partial charge is 0.480 e. The van der Waals surface area contributed by atoms with Crippen molar-refractivity contribution in [2.24, 2.45) is 11.7 Å². The zero-order chi connectivity index (χ0) is 24.8. The molecule has 3 unspecified atom stereocenters. The molecule has 1 fully saturated rings. The molecule has 0 spiro atoms. The van der Waals surface area contributed by atoms with Crippen molar-refractivity contribution in [3.63, 3.8) is 0 Å². The summed E-state index contributed by atoms with van der Waals surface area (Å²) in [4.78, 5) is 54.7. The van der Waals surface area contributed by atoms with Crippen LogP contribution in [0.1, 0.15) is 38.7 Å². The van der Waals surface area contributed by atoms with Crippen molar-refractivity contribution < 1.29 is 24.3 Å². The van der Waals surface area contributed by atoms with E-state index in [0.717, 1.165) is 16.5 Å². The first kappa shape index (κ1) is 25.2. The summed E-state index contributed by atoms with van der Waals surface area (Å²) in [5.41, 5.74) is 7.06. The Balaban J connectivity index is 1.72. The van der Waals surface area contributed by atoms with Crippen LogP contribution in [0, 0.1) is 5.92 Å². The number of benzene rings is 1. The fourth-order valence-corrected chi connectivity index (χ4v) is 4.44. The zero-order valence-electron chi connectivity index (χ0n) is 19.5. The minimum Gasteiger partial charge on any atom is -0.480 e. The summed E-state index contributed by atoms with van der Waals surface area (Å²) < 4.78 is 0. The van der Waals surface area contributed by atoms with Crippen LogP contribution in [0.25, 0.3) is 10.9 Å². The predicted molar refractivity (Wildman–Crippen MR) is 127 cm³/mol. The first-order chi connectivity index (χ1) is 16.2. The number of nitrogens with one attached hydrogen (secondary N) is 3. The predicted octanol–water partition coefficient (Wildman–Crippen LogP) is 0.760. The average Bonchev–Trinajstić information content (AvgIpc) is 3.45. The number of H-pyrrole nitrogens is 1. The van der Waals surface area contributed by atoms with Crippen LogP contribution >= 0.6 is 0 Å². The van der Waals surface area contributed by atoms with Gasteiger partial charge in [-0.1, -0.05) is 32.0 Å². The molecule has 0 saturated carbocycles. The molecule has 1 aliphatic heterocycles. The number of carbonyl (C=O) groups is 4. The van der Waals surface area contributed by atoms with E-state index in [1.165, 1.54) is 4.90 Å². The summed E-state index contributed by atoms with van der Waals surface area (Å²) in [5.74, 6) is -2.32. The second kappa shape index (κ2) is 11.1. The topological polar surface area (TPSA) is 158 Å². The van der Waals surface area contributed by atoms with Crippen molar-refractivity contribution in [1.29, 1.82) is 0 Å². The van der Waals surface area contributed by atoms with Gasteiger partial charge in [-0.05, 0) is 36.8 Å². The summed E-state index contributed by atoms with van der Waals surface area (Å²) in [6.07, 6.45) is 3.30. The van der Waals surface area contributed by atoms with Gasteiger partial charge in [0.15, 0.2) is 0 Å². The number of para-hydroxylation sites is 1. The van der Waals surface area contributed by atoms with Crippen molar-refractivity contribution in [3.05, 3.63) is 36.0 Å². The maximum Gasteiger partial charge on any atom is 0.326 e. The molecule has 2 heterocycles. The number of amides is 3.